The number of nitrogens with one attached hydrogen (secondary N) is 1. The van der Waals surface area contributed by atoms with E-state index in [0.29, 0.717) is 0 Å². The second-order valence-electron chi connectivity index (χ2n) is 9.74. The fraction of sp³-hybridized carbons (Fsp3) is 0.161. The number of ether oxygens (including phenoxy) is 2. The maximum atomic E-state index is 13.2. The zero-order valence-electron chi connectivity index (χ0n) is 22.2. The van der Waals surface area contributed by atoms with E-state index in [4.69, 9.17) is 9.47 Å². The summed E-state index contributed by atoms with van der Waals surface area (Å²) in [6.07, 6.45) is -6.16. The molecule has 43 heavy (non-hydrogen) atoms. The number of hydrogen-bond donors (Lipinski definition) is 2. The Hall–Kier alpha value is -5.39. The summed E-state index contributed by atoms with van der Waals surface area (Å²) in [7, 11) is 0. The summed E-state index contributed by atoms with van der Waals surface area (Å²) in [6.45, 7) is -0.0765. The fourth-order valence-corrected chi connectivity index (χ4v) is 5.00. The average Bonchev–Trinajstić information content (AvgIpc) is 3.29. The van der Waals surface area contributed by atoms with Gasteiger partial charge in [0, 0.05) is 30.0 Å². The number of carbonyl (C=O) groups is 2. The number of alkyl carbamates (subject to hydrolysis) is 1. The standard InChI is InChI=1S/C31H23F3N2O7/c32-31(33,34)19-6-5-7-21(16-19)43-28-13-12-20(36(40)41)14-18(28)15-27(29(37)38)35-30(39)42-17-26-24-10-3-1-8-22(24)23-9-2-4-11-25(23)26/h1-14,16,26-27H,15,17H2,(H,35,39)(H,37,38). The van der Waals surface area contributed by atoms with Crippen molar-refractivity contribution in [3.8, 4) is 22.6 Å². The second-order valence-corrected chi connectivity index (χ2v) is 9.74. The first-order valence-electron chi connectivity index (χ1n) is 13.0. The number of nitro groups is 1. The first kappa shape index (κ1) is 29.1. The van der Waals surface area contributed by atoms with Crippen LogP contribution in [0.15, 0.2) is 91.0 Å². The number of carbonyl (C=O) groups excluding carboxylic acids is 1. The largest absolute Gasteiger partial charge is 0.480 e. The van der Waals surface area contributed by atoms with E-state index in [2.05, 4.69) is 5.32 Å². The molecule has 4 aromatic rings. The Kier molecular flexibility index (Phi) is 8.02. The van der Waals surface area contributed by atoms with Crippen molar-refractivity contribution in [2.24, 2.45) is 0 Å². The molecule has 1 aliphatic rings. The van der Waals surface area contributed by atoms with Crippen molar-refractivity contribution in [1.29, 1.82) is 0 Å². The van der Waals surface area contributed by atoms with Gasteiger partial charge < -0.3 is 19.9 Å². The number of nitro benzene ring substituents is 1. The summed E-state index contributed by atoms with van der Waals surface area (Å²) in [5.41, 5.74) is 2.52. The lowest BCUT2D eigenvalue weighted by atomic mass is 9.98. The number of fused-ring (bicyclic) bond motifs is 3. The monoisotopic (exact) mass is 592 g/mol. The summed E-state index contributed by atoms with van der Waals surface area (Å²) in [4.78, 5) is 35.5. The second kappa shape index (κ2) is 11.8. The van der Waals surface area contributed by atoms with Crippen LogP contribution in [0.3, 0.4) is 0 Å². The lowest BCUT2D eigenvalue weighted by Crippen LogP contribution is -2.43. The Labute approximate surface area is 242 Å². The lowest BCUT2D eigenvalue weighted by Gasteiger charge is -2.19. The Balaban J connectivity index is 1.33. The molecule has 0 bridgehead atoms. The maximum Gasteiger partial charge on any atom is 0.416 e. The highest BCUT2D eigenvalue weighted by atomic mass is 19.4. The molecule has 1 aliphatic carbocycles. The first-order valence-corrected chi connectivity index (χ1v) is 13.0. The number of non-ortho nitro benzene ring substituents is 1. The smallest absolute Gasteiger partial charge is 0.416 e. The summed E-state index contributed by atoms with van der Waals surface area (Å²) in [5.74, 6) is -2.08. The Morgan fingerprint density at radius 1 is 0.930 bits per heavy atom. The zero-order chi connectivity index (χ0) is 30.7. The van der Waals surface area contributed by atoms with Crippen LogP contribution >= 0.6 is 0 Å². The quantitative estimate of drug-likeness (QED) is 0.159. The third-order valence-corrected chi connectivity index (χ3v) is 7.00. The van der Waals surface area contributed by atoms with Gasteiger partial charge in [-0.3, -0.25) is 10.1 Å². The fourth-order valence-electron chi connectivity index (χ4n) is 5.00. The Bertz CT molecular complexity index is 1660. The van der Waals surface area contributed by atoms with Crippen molar-refractivity contribution in [2.75, 3.05) is 6.61 Å². The molecular formula is C31H23F3N2O7. The molecule has 1 atom stereocenters. The van der Waals surface area contributed by atoms with Crippen molar-refractivity contribution in [3.05, 3.63) is 123 Å². The molecule has 0 saturated heterocycles. The number of nitrogens with zero attached hydrogens (tertiary/aromatic N) is 1. The molecule has 1 amide bonds. The van der Waals surface area contributed by atoms with Crippen molar-refractivity contribution in [3.63, 3.8) is 0 Å². The van der Waals surface area contributed by atoms with Crippen LogP contribution in [-0.2, 0) is 22.1 Å². The van der Waals surface area contributed by atoms with Crippen LogP contribution in [0.5, 0.6) is 11.5 Å². The van der Waals surface area contributed by atoms with E-state index >= 15 is 0 Å². The van der Waals surface area contributed by atoms with Gasteiger partial charge in [-0.2, -0.15) is 13.2 Å². The molecule has 12 heteroatoms. The minimum atomic E-state index is -4.64. The van der Waals surface area contributed by atoms with Gasteiger partial charge in [-0.05, 0) is 46.5 Å². The van der Waals surface area contributed by atoms with Gasteiger partial charge in [0.2, 0.25) is 0 Å². The molecule has 1 unspecified atom stereocenters. The van der Waals surface area contributed by atoms with Gasteiger partial charge in [-0.1, -0.05) is 54.6 Å². The molecule has 0 radical (unpaired) electrons. The van der Waals surface area contributed by atoms with E-state index < -0.39 is 46.9 Å². The normalized spacial score (nSPS) is 13.0. The molecule has 0 heterocycles. The summed E-state index contributed by atoms with van der Waals surface area (Å²) in [5, 5.41) is 23.5. The number of hydrogen-bond acceptors (Lipinski definition) is 6. The highest BCUT2D eigenvalue weighted by Gasteiger charge is 2.32. The first-order chi connectivity index (χ1) is 20.5. The molecule has 0 fully saturated rings. The molecular weight excluding hydrogens is 569 g/mol. The highest BCUT2D eigenvalue weighted by Crippen LogP contribution is 2.44. The zero-order valence-corrected chi connectivity index (χ0v) is 22.2. The number of rotatable bonds is 9. The van der Waals surface area contributed by atoms with Crippen molar-refractivity contribution >= 4 is 17.7 Å². The molecule has 220 valence electrons. The Morgan fingerprint density at radius 3 is 2.19 bits per heavy atom. The van der Waals surface area contributed by atoms with E-state index in [1.165, 1.54) is 6.07 Å². The summed E-state index contributed by atoms with van der Waals surface area (Å²) in [6, 6.07) is 21.0. The number of carboxylic acid groups (broad SMARTS) is 1. The average molecular weight is 593 g/mol. The number of alkyl halides is 3. The van der Waals surface area contributed by atoms with Crippen molar-refractivity contribution in [2.45, 2.75) is 24.6 Å². The van der Waals surface area contributed by atoms with Gasteiger partial charge in [0.1, 0.15) is 24.1 Å². The molecule has 4 aromatic carbocycles. The van der Waals surface area contributed by atoms with E-state index in [1.807, 2.05) is 48.5 Å². The molecule has 0 aromatic heterocycles. The van der Waals surface area contributed by atoms with Gasteiger partial charge in [0.05, 0.1) is 10.5 Å². The van der Waals surface area contributed by atoms with Crippen LogP contribution in [0, 0.1) is 10.1 Å². The number of benzene rings is 4. The number of aliphatic carboxylic acids is 1. The molecule has 2 N–H and O–H groups in total. The minimum absolute atomic E-state index is 0.0297. The van der Waals surface area contributed by atoms with E-state index in [1.54, 1.807) is 0 Å². The molecule has 0 saturated carbocycles. The van der Waals surface area contributed by atoms with Gasteiger partial charge in [-0.15, -0.1) is 0 Å². The number of halogens is 3. The SMILES string of the molecule is O=C(NC(Cc1cc([N+](=O)[O-])ccc1Oc1cccc(C(F)(F)F)c1)C(=O)O)OCC1c2ccccc2-c2ccccc21. The van der Waals surface area contributed by atoms with Crippen LogP contribution in [0.25, 0.3) is 11.1 Å². The van der Waals surface area contributed by atoms with Gasteiger partial charge in [0.25, 0.3) is 5.69 Å². The van der Waals surface area contributed by atoms with Gasteiger partial charge >= 0.3 is 18.2 Å². The highest BCUT2D eigenvalue weighted by molar-refractivity contribution is 5.81. The van der Waals surface area contributed by atoms with Gasteiger partial charge in [0.15, 0.2) is 0 Å². The van der Waals surface area contributed by atoms with E-state index in [-0.39, 0.29) is 29.6 Å². The van der Waals surface area contributed by atoms with Crippen molar-refractivity contribution < 1.29 is 42.3 Å². The van der Waals surface area contributed by atoms with Crippen LogP contribution < -0.4 is 10.1 Å². The minimum Gasteiger partial charge on any atom is -0.480 e. The van der Waals surface area contributed by atoms with E-state index in [0.717, 1.165) is 58.7 Å². The van der Waals surface area contributed by atoms with Crippen LogP contribution in [0.2, 0.25) is 0 Å². The summed E-state index contributed by atoms with van der Waals surface area (Å²) >= 11 is 0. The molecule has 5 rings (SSSR count). The molecule has 9 nitrogen and oxygen atoms in total. The number of carboxylic acids is 1. The summed E-state index contributed by atoms with van der Waals surface area (Å²) < 4.78 is 50.5. The molecule has 0 aliphatic heterocycles. The predicted octanol–water partition coefficient (Wildman–Crippen LogP) is 6.94. The van der Waals surface area contributed by atoms with Crippen LogP contribution in [-0.4, -0.2) is 34.7 Å². The van der Waals surface area contributed by atoms with E-state index in [9.17, 15) is 38.0 Å². The Morgan fingerprint density at radius 2 is 1.58 bits per heavy atom. The van der Waals surface area contributed by atoms with Gasteiger partial charge in [-0.25, -0.2) is 9.59 Å². The topological polar surface area (TPSA) is 128 Å². The van der Waals surface area contributed by atoms with Crippen molar-refractivity contribution in [1.82, 2.24) is 5.32 Å². The molecule has 0 spiro atoms. The number of amides is 1. The van der Waals surface area contributed by atoms with Crippen LogP contribution in [0.4, 0.5) is 23.7 Å². The predicted molar refractivity (Wildman–Crippen MR) is 148 cm³/mol. The third-order valence-electron chi connectivity index (χ3n) is 7.00. The maximum absolute atomic E-state index is 13.2. The lowest BCUT2D eigenvalue weighted by molar-refractivity contribution is -0.384. The third kappa shape index (κ3) is 6.43. The van der Waals surface area contributed by atoms with Crippen LogP contribution in [0.1, 0.15) is 28.2 Å².